The predicted octanol–water partition coefficient (Wildman–Crippen LogP) is 6.45. The van der Waals surface area contributed by atoms with Gasteiger partial charge in [-0.2, -0.15) is 0 Å². The highest BCUT2D eigenvalue weighted by molar-refractivity contribution is 9.09. The quantitative estimate of drug-likeness (QED) is 0.136. The molecule has 1 heterocycles. The highest BCUT2D eigenvalue weighted by Gasteiger charge is 2.42. The van der Waals surface area contributed by atoms with E-state index in [1.54, 1.807) is 14.2 Å². The van der Waals surface area contributed by atoms with Gasteiger partial charge < -0.3 is 28.4 Å². The topological polar surface area (TPSA) is 55.4 Å². The molecule has 0 amide bonds. The molecule has 2 atom stereocenters. The van der Waals surface area contributed by atoms with Gasteiger partial charge in [-0.15, -0.1) is 0 Å². The summed E-state index contributed by atoms with van der Waals surface area (Å²) in [6.45, 7) is 5.00. The molecule has 1 aliphatic heterocycles. The largest absolute Gasteiger partial charge is 0.492 e. The van der Waals surface area contributed by atoms with Gasteiger partial charge in [0.05, 0.1) is 6.61 Å². The van der Waals surface area contributed by atoms with Gasteiger partial charge in [-0.05, 0) is 55.0 Å². The Bertz CT molecular complexity index is 874. The lowest BCUT2D eigenvalue weighted by Gasteiger charge is -2.43. The normalized spacial score (nSPS) is 19.1. The van der Waals surface area contributed by atoms with Crippen molar-refractivity contribution in [3.05, 3.63) is 53.6 Å². The molecule has 2 aromatic carbocycles. The summed E-state index contributed by atoms with van der Waals surface area (Å²) in [7, 11) is 3.24. The molecular weight excluding hydrogens is 512 g/mol. The maximum atomic E-state index is 6.32. The van der Waals surface area contributed by atoms with Crippen LogP contribution in [0.3, 0.4) is 0 Å². The summed E-state index contributed by atoms with van der Waals surface area (Å²) in [5.41, 5.74) is 2.29. The van der Waals surface area contributed by atoms with Crippen molar-refractivity contribution in [2.45, 2.75) is 50.4 Å². The van der Waals surface area contributed by atoms with Crippen LogP contribution in [0.1, 0.15) is 56.1 Å². The molecule has 35 heavy (non-hydrogen) atoms. The highest BCUT2D eigenvalue weighted by atomic mass is 79.9. The maximum Gasteiger partial charge on any atom is 0.188 e. The van der Waals surface area contributed by atoms with Crippen LogP contribution in [0.2, 0.25) is 0 Å². The molecule has 0 aromatic heterocycles. The van der Waals surface area contributed by atoms with Gasteiger partial charge in [0, 0.05) is 50.2 Å². The van der Waals surface area contributed by atoms with Gasteiger partial charge >= 0.3 is 0 Å². The van der Waals surface area contributed by atoms with Crippen molar-refractivity contribution in [2.75, 3.05) is 53.0 Å². The van der Waals surface area contributed by atoms with Gasteiger partial charge in [0.25, 0.3) is 0 Å². The third kappa shape index (κ3) is 7.84. The van der Waals surface area contributed by atoms with Crippen molar-refractivity contribution in [1.29, 1.82) is 0 Å². The molecule has 2 unspecified atom stereocenters. The maximum absolute atomic E-state index is 6.32. The Morgan fingerprint density at radius 3 is 2.23 bits per heavy atom. The van der Waals surface area contributed by atoms with E-state index in [1.807, 2.05) is 24.3 Å². The van der Waals surface area contributed by atoms with E-state index in [0.717, 1.165) is 67.9 Å². The van der Waals surface area contributed by atoms with E-state index in [0.29, 0.717) is 12.5 Å². The Hall–Kier alpha value is -1.80. The minimum atomic E-state index is -0.168. The van der Waals surface area contributed by atoms with Gasteiger partial charge in [-0.3, -0.25) is 0 Å². The lowest BCUT2D eigenvalue weighted by Crippen LogP contribution is -2.40. The summed E-state index contributed by atoms with van der Waals surface area (Å²) in [5, 5.41) is 1.04. The number of hydrogen-bond acceptors (Lipinski definition) is 6. The lowest BCUT2D eigenvalue weighted by molar-refractivity contribution is 0.0505. The third-order valence-corrected chi connectivity index (χ3v) is 7.12. The number of hydrogen-bond donors (Lipinski definition) is 0. The van der Waals surface area contributed by atoms with E-state index in [-0.39, 0.29) is 19.0 Å². The van der Waals surface area contributed by atoms with E-state index >= 15 is 0 Å². The Balaban J connectivity index is 1.74. The molecular formula is C28H39BrO6. The molecule has 0 spiro atoms. The Morgan fingerprint density at radius 2 is 1.54 bits per heavy atom. The minimum absolute atomic E-state index is 0.168. The second-order valence-electron chi connectivity index (χ2n) is 9.09. The molecule has 7 heteroatoms. The molecule has 0 saturated heterocycles. The SMILES string of the molecule is COCOc1ccc(C2(C)COc3cc(OCOC)ccc3C2CCCCOCCCCBr)cc1. The van der Waals surface area contributed by atoms with Crippen LogP contribution < -0.4 is 14.2 Å². The molecule has 0 radical (unpaired) electrons. The van der Waals surface area contributed by atoms with Gasteiger partial charge in [0.15, 0.2) is 13.6 Å². The average molecular weight is 552 g/mol. The minimum Gasteiger partial charge on any atom is -0.492 e. The Kier molecular flexibility index (Phi) is 11.7. The summed E-state index contributed by atoms with van der Waals surface area (Å²) in [6, 6.07) is 14.5. The number of ether oxygens (including phenoxy) is 6. The second kappa shape index (κ2) is 14.7. The first-order chi connectivity index (χ1) is 17.1. The van der Waals surface area contributed by atoms with Crippen molar-refractivity contribution in [2.24, 2.45) is 0 Å². The fourth-order valence-corrected chi connectivity index (χ4v) is 4.98. The third-order valence-electron chi connectivity index (χ3n) is 6.56. The fourth-order valence-electron chi connectivity index (χ4n) is 4.59. The van der Waals surface area contributed by atoms with Crippen molar-refractivity contribution in [3.8, 4) is 17.2 Å². The van der Waals surface area contributed by atoms with Crippen molar-refractivity contribution >= 4 is 15.9 Å². The number of alkyl halides is 1. The summed E-state index contributed by atoms with van der Waals surface area (Å²) in [5.74, 6) is 2.75. The molecule has 1 aliphatic rings. The van der Waals surface area contributed by atoms with E-state index < -0.39 is 0 Å². The van der Waals surface area contributed by atoms with Crippen LogP contribution in [-0.4, -0.2) is 53.0 Å². The van der Waals surface area contributed by atoms with Crippen molar-refractivity contribution < 1.29 is 28.4 Å². The molecule has 0 N–H and O–H groups in total. The first-order valence-electron chi connectivity index (χ1n) is 12.4. The van der Waals surface area contributed by atoms with Gasteiger partial charge in [0.1, 0.15) is 17.2 Å². The standard InChI is InChI=1S/C28H39BrO6/c1-28(22-9-11-23(12-10-22)34-20-30-2)19-33-27-18-24(35-21-31-3)13-14-25(27)26(28)8-4-6-16-32-17-7-5-15-29/h9-14,18,26H,4-8,15-17,19-21H2,1-3H3. The monoisotopic (exact) mass is 550 g/mol. The molecule has 194 valence electrons. The number of methoxy groups -OCH3 is 2. The number of rotatable bonds is 16. The summed E-state index contributed by atoms with van der Waals surface area (Å²) < 4.78 is 33.5. The highest BCUT2D eigenvalue weighted by Crippen LogP contribution is 2.49. The van der Waals surface area contributed by atoms with Crippen LogP contribution in [0.25, 0.3) is 0 Å². The zero-order valence-corrected chi connectivity index (χ0v) is 22.8. The molecule has 0 aliphatic carbocycles. The van der Waals surface area contributed by atoms with Gasteiger partial charge in [-0.1, -0.05) is 47.5 Å². The molecule has 3 rings (SSSR count). The zero-order valence-electron chi connectivity index (χ0n) is 21.2. The van der Waals surface area contributed by atoms with E-state index in [1.165, 1.54) is 11.1 Å². The summed E-state index contributed by atoms with van der Waals surface area (Å²) in [4.78, 5) is 0. The summed E-state index contributed by atoms with van der Waals surface area (Å²) >= 11 is 3.47. The molecule has 2 aromatic rings. The smallest absolute Gasteiger partial charge is 0.188 e. The lowest BCUT2D eigenvalue weighted by atomic mass is 9.66. The van der Waals surface area contributed by atoms with Crippen molar-refractivity contribution in [1.82, 2.24) is 0 Å². The number of benzene rings is 2. The molecule has 0 fully saturated rings. The van der Waals surface area contributed by atoms with Crippen LogP contribution in [0.15, 0.2) is 42.5 Å². The predicted molar refractivity (Wildman–Crippen MR) is 141 cm³/mol. The van der Waals surface area contributed by atoms with Crippen molar-refractivity contribution in [3.63, 3.8) is 0 Å². The number of unbranched alkanes of at least 4 members (excludes halogenated alkanes) is 2. The van der Waals surface area contributed by atoms with Crippen LogP contribution >= 0.6 is 15.9 Å². The molecule has 0 bridgehead atoms. The van der Waals surface area contributed by atoms with Crippen LogP contribution in [0, 0.1) is 0 Å². The number of fused-ring (bicyclic) bond motifs is 1. The number of halogens is 1. The van der Waals surface area contributed by atoms with Gasteiger partial charge in [0.2, 0.25) is 0 Å². The summed E-state index contributed by atoms with van der Waals surface area (Å²) in [6.07, 6.45) is 5.46. The van der Waals surface area contributed by atoms with Crippen LogP contribution in [0.5, 0.6) is 17.2 Å². The van der Waals surface area contributed by atoms with E-state index in [4.69, 9.17) is 28.4 Å². The second-order valence-corrected chi connectivity index (χ2v) is 9.88. The first kappa shape index (κ1) is 27.8. The van der Waals surface area contributed by atoms with E-state index in [9.17, 15) is 0 Å². The van der Waals surface area contributed by atoms with Crippen LogP contribution in [0.4, 0.5) is 0 Å². The van der Waals surface area contributed by atoms with E-state index in [2.05, 4.69) is 41.1 Å². The molecule has 6 nitrogen and oxygen atoms in total. The molecule has 0 saturated carbocycles. The Morgan fingerprint density at radius 1 is 0.886 bits per heavy atom. The first-order valence-corrected chi connectivity index (χ1v) is 13.5. The van der Waals surface area contributed by atoms with Gasteiger partial charge in [-0.25, -0.2) is 0 Å². The van der Waals surface area contributed by atoms with Crippen LogP contribution in [-0.2, 0) is 19.6 Å². The Labute approximate surface area is 218 Å². The fraction of sp³-hybridized carbons (Fsp3) is 0.571. The zero-order chi connectivity index (χ0) is 24.9. The average Bonchev–Trinajstić information content (AvgIpc) is 2.89.